The molecule has 0 fully saturated rings. The molecule has 0 aliphatic carbocycles. The number of aliphatic imine (C=N–C) groups is 1. The molecular weight excluding hydrogens is 208 g/mol. The van der Waals surface area contributed by atoms with Gasteiger partial charge < -0.3 is 4.90 Å². The van der Waals surface area contributed by atoms with Crippen LogP contribution >= 0.6 is 0 Å². The molecule has 17 heavy (non-hydrogen) atoms. The number of rotatable bonds is 3. The van der Waals surface area contributed by atoms with Gasteiger partial charge in [0.2, 0.25) is 0 Å². The topological polar surface area (TPSA) is 15.6 Å². The Labute approximate surface area is 105 Å². The van der Waals surface area contributed by atoms with Crippen molar-refractivity contribution in [3.63, 3.8) is 0 Å². The van der Waals surface area contributed by atoms with E-state index < -0.39 is 0 Å². The fourth-order valence-electron chi connectivity index (χ4n) is 1.46. The van der Waals surface area contributed by atoms with Gasteiger partial charge in [0.25, 0.3) is 0 Å². The van der Waals surface area contributed by atoms with Crippen molar-refractivity contribution in [2.24, 2.45) is 4.99 Å². The first-order chi connectivity index (χ1) is 7.91. The van der Waals surface area contributed by atoms with Gasteiger partial charge in [-0.05, 0) is 57.5 Å². The molecule has 0 aliphatic rings. The van der Waals surface area contributed by atoms with E-state index in [1.165, 1.54) is 16.8 Å². The van der Waals surface area contributed by atoms with Crippen LogP contribution in [0.5, 0.6) is 0 Å². The maximum Gasteiger partial charge on any atom is 0.0634 e. The third-order valence-electron chi connectivity index (χ3n) is 2.96. The van der Waals surface area contributed by atoms with E-state index in [1.807, 2.05) is 14.1 Å². The molecule has 2 heteroatoms. The van der Waals surface area contributed by atoms with E-state index in [2.05, 4.69) is 61.9 Å². The highest BCUT2D eigenvalue weighted by atomic mass is 15.1. The second-order valence-electron chi connectivity index (χ2n) is 4.73. The van der Waals surface area contributed by atoms with Gasteiger partial charge in [0.15, 0.2) is 0 Å². The lowest BCUT2D eigenvalue weighted by Crippen LogP contribution is -2.07. The summed E-state index contributed by atoms with van der Waals surface area (Å²) in [6, 6.07) is 8.28. The van der Waals surface area contributed by atoms with Gasteiger partial charge in [-0.1, -0.05) is 5.57 Å². The molecule has 0 atom stereocenters. The van der Waals surface area contributed by atoms with Gasteiger partial charge in [-0.15, -0.1) is 0 Å². The van der Waals surface area contributed by atoms with E-state index >= 15 is 0 Å². The molecule has 1 rings (SSSR count). The third-order valence-corrected chi connectivity index (χ3v) is 2.96. The zero-order chi connectivity index (χ0) is 13.0. The number of allylic oxidation sites excluding steroid dienone is 2. The lowest BCUT2D eigenvalue weighted by molar-refractivity contribution is 1.13. The van der Waals surface area contributed by atoms with Crippen LogP contribution in [-0.4, -0.2) is 19.8 Å². The number of nitrogens with zero attached hydrogens (tertiary/aromatic N) is 2. The summed E-state index contributed by atoms with van der Waals surface area (Å²) in [5.74, 6) is 0. The minimum atomic E-state index is 1.01. The first kappa shape index (κ1) is 13.5. The fraction of sp³-hybridized carbons (Fsp3) is 0.400. The first-order valence-corrected chi connectivity index (χ1v) is 5.89. The van der Waals surface area contributed by atoms with E-state index in [1.54, 1.807) is 0 Å². The van der Waals surface area contributed by atoms with Crippen LogP contribution in [-0.2, 0) is 0 Å². The van der Waals surface area contributed by atoms with Gasteiger partial charge in [-0.25, -0.2) is 0 Å². The normalized spacial score (nSPS) is 11.3. The Balaban J connectivity index is 2.96. The highest BCUT2D eigenvalue weighted by molar-refractivity contribution is 5.99. The Morgan fingerprint density at radius 3 is 1.88 bits per heavy atom. The van der Waals surface area contributed by atoms with Crippen LogP contribution in [0.3, 0.4) is 0 Å². The van der Waals surface area contributed by atoms with Crippen molar-refractivity contribution in [2.75, 3.05) is 19.0 Å². The standard InChI is InChI=1S/C15H22N2/c1-11(2)12(3)13(4)16-14-7-9-15(10-8-14)17(5)6/h7-10H,1-6H3. The Hall–Kier alpha value is -1.57. The number of hydrogen-bond donors (Lipinski definition) is 0. The SMILES string of the molecule is CC(=Nc1ccc(N(C)C)cc1)C(C)=C(C)C. The Morgan fingerprint density at radius 2 is 1.47 bits per heavy atom. The van der Waals surface area contributed by atoms with Crippen molar-refractivity contribution in [1.82, 2.24) is 0 Å². The minimum absolute atomic E-state index is 1.01. The molecule has 1 aromatic rings. The quantitative estimate of drug-likeness (QED) is 0.710. The van der Waals surface area contributed by atoms with Crippen molar-refractivity contribution in [2.45, 2.75) is 27.7 Å². The molecule has 0 saturated carbocycles. The van der Waals surface area contributed by atoms with Crippen molar-refractivity contribution in [1.29, 1.82) is 0 Å². The predicted molar refractivity (Wildman–Crippen MR) is 77.6 cm³/mol. The highest BCUT2D eigenvalue weighted by Gasteiger charge is 1.99. The van der Waals surface area contributed by atoms with Crippen LogP contribution in [0, 0.1) is 0 Å². The summed E-state index contributed by atoms with van der Waals surface area (Å²) in [6.45, 7) is 8.40. The maximum absolute atomic E-state index is 4.62. The van der Waals surface area contributed by atoms with Crippen LogP contribution in [0.15, 0.2) is 40.4 Å². The Kier molecular flexibility index (Phi) is 4.50. The summed E-state index contributed by atoms with van der Waals surface area (Å²) in [7, 11) is 4.08. The van der Waals surface area contributed by atoms with Gasteiger partial charge in [-0.2, -0.15) is 0 Å². The van der Waals surface area contributed by atoms with Crippen LogP contribution in [0.25, 0.3) is 0 Å². The van der Waals surface area contributed by atoms with Crippen LogP contribution in [0.1, 0.15) is 27.7 Å². The van der Waals surface area contributed by atoms with Crippen molar-refractivity contribution < 1.29 is 0 Å². The number of anilines is 1. The molecule has 92 valence electrons. The smallest absolute Gasteiger partial charge is 0.0634 e. The molecule has 0 N–H and O–H groups in total. The van der Waals surface area contributed by atoms with E-state index in [0.717, 1.165) is 11.4 Å². The minimum Gasteiger partial charge on any atom is -0.378 e. The van der Waals surface area contributed by atoms with Gasteiger partial charge in [0.1, 0.15) is 0 Å². The molecule has 1 aromatic carbocycles. The molecule has 0 aromatic heterocycles. The Bertz CT molecular complexity index is 432. The van der Waals surface area contributed by atoms with E-state index in [4.69, 9.17) is 0 Å². The number of hydrogen-bond acceptors (Lipinski definition) is 2. The average molecular weight is 230 g/mol. The summed E-state index contributed by atoms with van der Waals surface area (Å²) in [5, 5.41) is 0. The predicted octanol–water partition coefficient (Wildman–Crippen LogP) is 4.20. The van der Waals surface area contributed by atoms with Gasteiger partial charge >= 0.3 is 0 Å². The molecule has 2 nitrogen and oxygen atoms in total. The molecule has 0 unspecified atom stereocenters. The molecule has 0 saturated heterocycles. The number of benzene rings is 1. The van der Waals surface area contributed by atoms with Crippen molar-refractivity contribution >= 4 is 17.1 Å². The largest absolute Gasteiger partial charge is 0.378 e. The summed E-state index contributed by atoms with van der Waals surface area (Å²) in [6.07, 6.45) is 0. The van der Waals surface area contributed by atoms with E-state index in [0.29, 0.717) is 0 Å². The highest BCUT2D eigenvalue weighted by Crippen LogP contribution is 2.19. The lowest BCUT2D eigenvalue weighted by Gasteiger charge is -2.12. The van der Waals surface area contributed by atoms with E-state index in [-0.39, 0.29) is 0 Å². The molecule has 0 amide bonds. The van der Waals surface area contributed by atoms with E-state index in [9.17, 15) is 0 Å². The molecular formula is C15H22N2. The second kappa shape index (κ2) is 5.67. The van der Waals surface area contributed by atoms with Crippen molar-refractivity contribution in [3.8, 4) is 0 Å². The monoisotopic (exact) mass is 230 g/mol. The maximum atomic E-state index is 4.62. The van der Waals surface area contributed by atoms with Crippen LogP contribution in [0.4, 0.5) is 11.4 Å². The Morgan fingerprint density at radius 1 is 0.941 bits per heavy atom. The zero-order valence-electron chi connectivity index (χ0n) is 11.7. The first-order valence-electron chi connectivity index (χ1n) is 5.89. The van der Waals surface area contributed by atoms with Gasteiger partial charge in [0.05, 0.1) is 5.69 Å². The van der Waals surface area contributed by atoms with Crippen LogP contribution < -0.4 is 4.90 Å². The molecule has 0 aliphatic heterocycles. The molecule has 0 spiro atoms. The summed E-state index contributed by atoms with van der Waals surface area (Å²) in [4.78, 5) is 6.71. The molecule has 0 heterocycles. The molecule has 0 radical (unpaired) electrons. The zero-order valence-corrected chi connectivity index (χ0v) is 11.7. The van der Waals surface area contributed by atoms with Gasteiger partial charge in [0, 0.05) is 25.5 Å². The van der Waals surface area contributed by atoms with Crippen LogP contribution in [0.2, 0.25) is 0 Å². The fourth-order valence-corrected chi connectivity index (χ4v) is 1.46. The summed E-state index contributed by atoms with van der Waals surface area (Å²) >= 11 is 0. The average Bonchev–Trinajstić information content (AvgIpc) is 2.28. The molecule has 0 bridgehead atoms. The summed E-state index contributed by atoms with van der Waals surface area (Å²) < 4.78 is 0. The van der Waals surface area contributed by atoms with Crippen molar-refractivity contribution in [3.05, 3.63) is 35.4 Å². The van der Waals surface area contributed by atoms with Gasteiger partial charge in [-0.3, -0.25) is 4.99 Å². The second-order valence-corrected chi connectivity index (χ2v) is 4.73. The lowest BCUT2D eigenvalue weighted by atomic mass is 10.1. The summed E-state index contributed by atoms with van der Waals surface area (Å²) in [5.41, 5.74) is 5.87. The third kappa shape index (κ3) is 3.74.